The number of rotatable bonds is 6. The molecule has 1 N–H and O–H groups in total. The molecule has 38 heavy (non-hydrogen) atoms. The number of nitrogens with one attached hydrogen (secondary N) is 1. The van der Waals surface area contributed by atoms with Crippen LogP contribution in [0.5, 0.6) is 0 Å². The molecule has 0 radical (unpaired) electrons. The molecule has 7 nitrogen and oxygen atoms in total. The zero-order valence-corrected chi connectivity index (χ0v) is 21.1. The third-order valence-corrected chi connectivity index (χ3v) is 6.78. The number of nitrogens with zero attached hydrogens (tertiary/aromatic N) is 4. The summed E-state index contributed by atoms with van der Waals surface area (Å²) in [6.07, 6.45) is -9.81. The maximum absolute atomic E-state index is 13.3. The number of hydrogen-bond donors (Lipinski definition) is 1. The van der Waals surface area contributed by atoms with E-state index in [-0.39, 0.29) is 30.8 Å². The van der Waals surface area contributed by atoms with Gasteiger partial charge in [0.1, 0.15) is 11.8 Å². The van der Waals surface area contributed by atoms with E-state index in [9.17, 15) is 31.1 Å². The van der Waals surface area contributed by atoms with Crippen molar-refractivity contribution >= 4 is 23.5 Å². The number of hydrogen-bond acceptors (Lipinski definition) is 7. The number of piperidine rings is 1. The smallest absolute Gasteiger partial charge is 0.452 e. The lowest BCUT2D eigenvalue weighted by molar-refractivity contribution is -0.204. The van der Waals surface area contributed by atoms with E-state index in [0.29, 0.717) is 17.9 Å². The Morgan fingerprint density at radius 2 is 1.74 bits per heavy atom. The lowest BCUT2D eigenvalue weighted by atomic mass is 10.0. The highest BCUT2D eigenvalue weighted by atomic mass is 35.5. The average molecular weight is 566 g/mol. The van der Waals surface area contributed by atoms with Gasteiger partial charge in [0.25, 0.3) is 0 Å². The van der Waals surface area contributed by atoms with Crippen LogP contribution in [0, 0.1) is 6.92 Å². The van der Waals surface area contributed by atoms with Crippen LogP contribution in [-0.4, -0.2) is 71.4 Å². The van der Waals surface area contributed by atoms with Crippen molar-refractivity contribution in [2.45, 2.75) is 56.9 Å². The zero-order chi connectivity index (χ0) is 27.7. The molecule has 1 aromatic carbocycles. The second-order valence-corrected chi connectivity index (χ2v) is 9.93. The largest absolute Gasteiger partial charge is 0.490 e. The summed E-state index contributed by atoms with van der Waals surface area (Å²) >= 11 is 5.93. The monoisotopic (exact) mass is 565 g/mol. The number of likely N-dealkylation sites (tertiary alicyclic amines) is 1. The molecule has 1 aromatic heterocycles. The highest BCUT2D eigenvalue weighted by Gasteiger charge is 2.46. The van der Waals surface area contributed by atoms with Crippen LogP contribution >= 0.6 is 11.6 Å². The van der Waals surface area contributed by atoms with Crippen LogP contribution in [0.15, 0.2) is 30.3 Å². The van der Waals surface area contributed by atoms with Gasteiger partial charge in [-0.3, -0.25) is 4.90 Å². The molecule has 0 bridgehead atoms. The molecule has 3 heterocycles. The van der Waals surface area contributed by atoms with Gasteiger partial charge in [-0.1, -0.05) is 23.7 Å². The van der Waals surface area contributed by atoms with E-state index in [1.165, 1.54) is 11.8 Å². The van der Waals surface area contributed by atoms with Gasteiger partial charge < -0.3 is 15.0 Å². The van der Waals surface area contributed by atoms with Gasteiger partial charge in [-0.05, 0) is 56.6 Å². The normalized spacial score (nSPS) is 21.6. The third kappa shape index (κ3) is 7.26. The number of carbonyl (C=O) groups is 1. The molecule has 2 aliphatic rings. The van der Waals surface area contributed by atoms with E-state index in [1.807, 2.05) is 24.3 Å². The molecule has 2 saturated heterocycles. The average Bonchev–Trinajstić information content (AvgIpc) is 3.22. The second kappa shape index (κ2) is 11.2. The van der Waals surface area contributed by atoms with Crippen molar-refractivity contribution in [3.63, 3.8) is 0 Å². The quantitative estimate of drug-likeness (QED) is 0.412. The van der Waals surface area contributed by atoms with Crippen LogP contribution in [0.4, 0.5) is 32.3 Å². The van der Waals surface area contributed by atoms with Crippen molar-refractivity contribution in [3.05, 3.63) is 52.3 Å². The fraction of sp³-hybridized carbons (Fsp3) is 0.542. The molecule has 0 aliphatic carbocycles. The Labute approximate surface area is 220 Å². The first kappa shape index (κ1) is 28.4. The Kier molecular flexibility index (Phi) is 8.38. The molecule has 0 saturated carbocycles. The van der Waals surface area contributed by atoms with Crippen LogP contribution < -0.4 is 10.2 Å². The van der Waals surface area contributed by atoms with Crippen molar-refractivity contribution in [1.29, 1.82) is 0 Å². The van der Waals surface area contributed by atoms with Gasteiger partial charge in [0.05, 0.1) is 12.6 Å². The van der Waals surface area contributed by atoms with E-state index in [1.54, 1.807) is 0 Å². The van der Waals surface area contributed by atoms with Crippen LogP contribution in [-0.2, 0) is 22.3 Å². The van der Waals surface area contributed by atoms with Gasteiger partial charge in [0.2, 0.25) is 5.95 Å². The number of carbonyl (C=O) groups excluding carboxylic acids is 1. The van der Waals surface area contributed by atoms with E-state index in [2.05, 4.69) is 20.2 Å². The highest BCUT2D eigenvalue weighted by Crippen LogP contribution is 2.31. The van der Waals surface area contributed by atoms with Gasteiger partial charge in [0, 0.05) is 29.8 Å². The number of anilines is 1. The fourth-order valence-corrected chi connectivity index (χ4v) is 4.80. The van der Waals surface area contributed by atoms with Gasteiger partial charge in [-0.2, -0.15) is 26.3 Å². The van der Waals surface area contributed by atoms with Gasteiger partial charge >= 0.3 is 18.3 Å². The molecule has 2 fully saturated rings. The van der Waals surface area contributed by atoms with E-state index >= 15 is 0 Å². The number of aromatic nitrogens is 2. The molecule has 4 rings (SSSR count). The SMILES string of the molecule is Cc1cc(C(F)(F)F)nc(N2C[C@H](NC3CCN(Cc4ccc(Cl)cc4)CC3)[C@@H](OC(=O)C(F)(F)F)C2)n1. The Morgan fingerprint density at radius 1 is 1.08 bits per heavy atom. The summed E-state index contributed by atoms with van der Waals surface area (Å²) in [6, 6.07) is 7.46. The summed E-state index contributed by atoms with van der Waals surface area (Å²) in [5, 5.41) is 3.91. The summed E-state index contributed by atoms with van der Waals surface area (Å²) in [7, 11) is 0. The van der Waals surface area contributed by atoms with Gasteiger partial charge in [0.15, 0.2) is 0 Å². The number of aryl methyl sites for hydroxylation is 1. The molecule has 2 aliphatic heterocycles. The predicted molar refractivity (Wildman–Crippen MR) is 127 cm³/mol. The third-order valence-electron chi connectivity index (χ3n) is 6.53. The van der Waals surface area contributed by atoms with Gasteiger partial charge in [-0.15, -0.1) is 0 Å². The van der Waals surface area contributed by atoms with Crippen LogP contribution in [0.3, 0.4) is 0 Å². The Balaban J connectivity index is 1.43. The van der Waals surface area contributed by atoms with Crippen molar-refractivity contribution in [1.82, 2.24) is 20.2 Å². The Morgan fingerprint density at radius 3 is 2.34 bits per heavy atom. The molecule has 0 unspecified atom stereocenters. The molecule has 14 heteroatoms. The van der Waals surface area contributed by atoms with Crippen molar-refractivity contribution in [2.75, 3.05) is 31.1 Å². The number of ether oxygens (including phenoxy) is 1. The molecule has 2 aromatic rings. The first-order valence-electron chi connectivity index (χ1n) is 12.0. The molecular formula is C24H26ClF6N5O2. The number of alkyl halides is 6. The standard InChI is InChI=1S/C24H26ClF6N5O2/c1-14-10-20(23(26,27)28)34-22(32-14)36-12-18(19(13-36)38-21(37)24(29,30)31)33-17-6-8-35(9-7-17)11-15-2-4-16(25)5-3-15/h2-5,10,17-19,33H,6-9,11-13H2,1H3/t18-,19-/m0/s1. The van der Waals surface area contributed by atoms with Crippen molar-refractivity contribution in [3.8, 4) is 0 Å². The Hall–Kier alpha value is -2.64. The minimum atomic E-state index is -5.20. The van der Waals surface area contributed by atoms with E-state index in [4.69, 9.17) is 16.3 Å². The van der Waals surface area contributed by atoms with Crippen molar-refractivity contribution < 1.29 is 35.9 Å². The minimum absolute atomic E-state index is 0.0262. The molecule has 2 atom stereocenters. The first-order valence-corrected chi connectivity index (χ1v) is 12.3. The zero-order valence-electron chi connectivity index (χ0n) is 20.3. The van der Waals surface area contributed by atoms with E-state index < -0.39 is 36.2 Å². The maximum atomic E-state index is 13.3. The topological polar surface area (TPSA) is 70.6 Å². The van der Waals surface area contributed by atoms with E-state index in [0.717, 1.165) is 31.3 Å². The minimum Gasteiger partial charge on any atom is -0.452 e. The van der Waals surface area contributed by atoms with Crippen molar-refractivity contribution in [2.24, 2.45) is 0 Å². The molecule has 0 spiro atoms. The van der Waals surface area contributed by atoms with Gasteiger partial charge in [-0.25, -0.2) is 14.8 Å². The van der Waals surface area contributed by atoms with Crippen LogP contribution in [0.2, 0.25) is 5.02 Å². The van der Waals surface area contributed by atoms with Crippen LogP contribution in [0.25, 0.3) is 0 Å². The summed E-state index contributed by atoms with van der Waals surface area (Å²) < 4.78 is 83.3. The number of benzene rings is 1. The van der Waals surface area contributed by atoms with Crippen LogP contribution in [0.1, 0.15) is 29.8 Å². The number of halogens is 7. The predicted octanol–water partition coefficient (Wildman–Crippen LogP) is 4.37. The lowest BCUT2D eigenvalue weighted by Gasteiger charge is -2.34. The fourth-order valence-electron chi connectivity index (χ4n) is 4.67. The summed E-state index contributed by atoms with van der Waals surface area (Å²) in [4.78, 5) is 22.7. The lowest BCUT2D eigenvalue weighted by Crippen LogP contribution is -2.51. The highest BCUT2D eigenvalue weighted by molar-refractivity contribution is 6.30. The molecular weight excluding hydrogens is 540 g/mol. The number of esters is 1. The summed E-state index contributed by atoms with van der Waals surface area (Å²) in [5.41, 5.74) is -0.00770. The molecule has 0 amide bonds. The molecule has 208 valence electrons. The first-order chi connectivity index (χ1) is 17.8. The summed E-state index contributed by atoms with van der Waals surface area (Å²) in [6.45, 7) is 3.22. The Bertz CT molecular complexity index is 1120. The summed E-state index contributed by atoms with van der Waals surface area (Å²) in [5.74, 6) is -2.64. The maximum Gasteiger partial charge on any atom is 0.490 e. The second-order valence-electron chi connectivity index (χ2n) is 9.49.